The molecule has 1 aliphatic rings. The fraction of sp³-hybridized carbons (Fsp3) is 0.464. The molecule has 0 aromatic heterocycles. The first-order valence-electron chi connectivity index (χ1n) is 12.3. The number of fused-ring (bicyclic) bond motifs is 3. The zero-order valence-corrected chi connectivity index (χ0v) is 21.0. The van der Waals surface area contributed by atoms with E-state index in [-0.39, 0.29) is 25.0 Å². The molecule has 3 atom stereocenters. The van der Waals surface area contributed by atoms with Gasteiger partial charge in [-0.3, -0.25) is 9.59 Å². The standard InChI is InChI=1S/C28H36N2O5/c1-5-18(3)15-24(25(31)29-17-28(4,6-2)26(32)33)30-27(34)35-16-23-21-13-9-7-11-19(21)20-12-8-10-14-22(20)23/h7-14,18,23-24H,5-6,15-17H2,1-4H3,(H,29,31)(H,30,34)(H,32,33). The summed E-state index contributed by atoms with van der Waals surface area (Å²) in [5.41, 5.74) is 3.44. The highest BCUT2D eigenvalue weighted by Crippen LogP contribution is 2.44. The molecule has 3 unspecified atom stereocenters. The predicted octanol–water partition coefficient (Wildman–Crippen LogP) is 4.95. The molecule has 0 heterocycles. The normalized spacial score (nSPS) is 15.8. The van der Waals surface area contributed by atoms with Crippen LogP contribution in [0.3, 0.4) is 0 Å². The Morgan fingerprint density at radius 1 is 1.03 bits per heavy atom. The molecule has 0 spiro atoms. The van der Waals surface area contributed by atoms with E-state index < -0.39 is 29.4 Å². The van der Waals surface area contributed by atoms with Crippen LogP contribution < -0.4 is 10.6 Å². The molecular weight excluding hydrogens is 444 g/mol. The van der Waals surface area contributed by atoms with Crippen LogP contribution in [-0.2, 0) is 14.3 Å². The third kappa shape index (κ3) is 6.02. The summed E-state index contributed by atoms with van der Waals surface area (Å²) in [6.07, 6.45) is 0.991. The molecule has 0 saturated heterocycles. The van der Waals surface area contributed by atoms with Crippen molar-refractivity contribution in [3.63, 3.8) is 0 Å². The molecule has 2 amide bonds. The second-order valence-corrected chi connectivity index (χ2v) is 9.71. The number of ether oxygens (including phenoxy) is 1. The van der Waals surface area contributed by atoms with Crippen LogP contribution in [0.4, 0.5) is 4.79 Å². The fourth-order valence-electron chi connectivity index (χ4n) is 4.34. The molecule has 0 bridgehead atoms. The average molecular weight is 481 g/mol. The summed E-state index contributed by atoms with van der Waals surface area (Å²) in [7, 11) is 0. The van der Waals surface area contributed by atoms with Crippen molar-refractivity contribution in [2.45, 2.75) is 58.9 Å². The number of rotatable bonds is 11. The molecule has 0 fully saturated rings. The number of carboxylic acids is 1. The quantitative estimate of drug-likeness (QED) is 0.422. The van der Waals surface area contributed by atoms with Gasteiger partial charge in [0.1, 0.15) is 12.6 Å². The largest absolute Gasteiger partial charge is 0.481 e. The Bertz CT molecular complexity index is 1020. The number of alkyl carbamates (subject to hydrolysis) is 1. The summed E-state index contributed by atoms with van der Waals surface area (Å²) in [6, 6.07) is 15.4. The minimum Gasteiger partial charge on any atom is -0.481 e. The Morgan fingerprint density at radius 3 is 2.11 bits per heavy atom. The van der Waals surface area contributed by atoms with Crippen molar-refractivity contribution < 1.29 is 24.2 Å². The maximum Gasteiger partial charge on any atom is 0.407 e. The van der Waals surface area contributed by atoms with Crippen LogP contribution in [0.15, 0.2) is 48.5 Å². The van der Waals surface area contributed by atoms with E-state index in [1.54, 1.807) is 13.8 Å². The topological polar surface area (TPSA) is 105 Å². The van der Waals surface area contributed by atoms with Crippen molar-refractivity contribution in [3.8, 4) is 11.1 Å². The molecule has 0 saturated carbocycles. The third-order valence-electron chi connectivity index (χ3n) is 7.24. The van der Waals surface area contributed by atoms with Gasteiger partial charge >= 0.3 is 12.1 Å². The van der Waals surface area contributed by atoms with Crippen molar-refractivity contribution >= 4 is 18.0 Å². The van der Waals surface area contributed by atoms with E-state index in [4.69, 9.17) is 4.74 Å². The van der Waals surface area contributed by atoms with Crippen LogP contribution in [-0.4, -0.2) is 42.3 Å². The van der Waals surface area contributed by atoms with Crippen molar-refractivity contribution in [3.05, 3.63) is 59.7 Å². The van der Waals surface area contributed by atoms with E-state index >= 15 is 0 Å². The van der Waals surface area contributed by atoms with Crippen LogP contribution in [0.1, 0.15) is 64.0 Å². The number of carbonyl (C=O) groups is 3. The van der Waals surface area contributed by atoms with Crippen molar-refractivity contribution in [1.29, 1.82) is 0 Å². The van der Waals surface area contributed by atoms with Gasteiger partial charge in [-0.2, -0.15) is 0 Å². The molecule has 0 radical (unpaired) electrons. The minimum absolute atomic E-state index is 0.0129. The number of carboxylic acid groups (broad SMARTS) is 1. The minimum atomic E-state index is -1.07. The van der Waals surface area contributed by atoms with Crippen LogP contribution in [0.5, 0.6) is 0 Å². The van der Waals surface area contributed by atoms with Gasteiger partial charge in [0.25, 0.3) is 0 Å². The van der Waals surface area contributed by atoms with Crippen LogP contribution in [0, 0.1) is 11.3 Å². The zero-order chi connectivity index (χ0) is 25.6. The van der Waals surface area contributed by atoms with E-state index in [9.17, 15) is 19.5 Å². The first-order chi connectivity index (χ1) is 16.7. The van der Waals surface area contributed by atoms with Gasteiger partial charge in [0.2, 0.25) is 5.91 Å². The molecule has 3 N–H and O–H groups in total. The van der Waals surface area contributed by atoms with Crippen LogP contribution in [0.2, 0.25) is 0 Å². The van der Waals surface area contributed by atoms with Crippen molar-refractivity contribution in [2.75, 3.05) is 13.2 Å². The van der Waals surface area contributed by atoms with Gasteiger partial charge in [0.15, 0.2) is 0 Å². The lowest BCUT2D eigenvalue weighted by molar-refractivity contribution is -0.148. The summed E-state index contributed by atoms with van der Waals surface area (Å²) in [6.45, 7) is 7.54. The van der Waals surface area contributed by atoms with Gasteiger partial charge in [-0.25, -0.2) is 4.79 Å². The lowest BCUT2D eigenvalue weighted by Crippen LogP contribution is -2.50. The first kappa shape index (κ1) is 26.3. The Labute approximate surface area is 207 Å². The summed E-state index contributed by atoms with van der Waals surface area (Å²) >= 11 is 0. The monoisotopic (exact) mass is 480 g/mol. The SMILES string of the molecule is CCC(C)CC(NC(=O)OCC1c2ccccc2-c2ccccc21)C(=O)NCC(C)(CC)C(=O)O. The zero-order valence-electron chi connectivity index (χ0n) is 21.0. The summed E-state index contributed by atoms with van der Waals surface area (Å²) < 4.78 is 5.62. The van der Waals surface area contributed by atoms with Gasteiger partial charge in [-0.1, -0.05) is 75.7 Å². The van der Waals surface area contributed by atoms with Gasteiger partial charge in [0.05, 0.1) is 5.41 Å². The van der Waals surface area contributed by atoms with Crippen LogP contribution in [0.25, 0.3) is 11.1 Å². The molecule has 2 aromatic carbocycles. The third-order valence-corrected chi connectivity index (χ3v) is 7.24. The lowest BCUT2D eigenvalue weighted by atomic mass is 9.87. The predicted molar refractivity (Wildman–Crippen MR) is 135 cm³/mol. The molecule has 1 aliphatic carbocycles. The number of amides is 2. The molecule has 35 heavy (non-hydrogen) atoms. The van der Waals surface area contributed by atoms with E-state index in [1.165, 1.54) is 0 Å². The fourth-order valence-corrected chi connectivity index (χ4v) is 4.34. The van der Waals surface area contributed by atoms with E-state index in [0.717, 1.165) is 28.7 Å². The Balaban J connectivity index is 1.66. The highest BCUT2D eigenvalue weighted by Gasteiger charge is 2.33. The van der Waals surface area contributed by atoms with Gasteiger partial charge < -0.3 is 20.5 Å². The highest BCUT2D eigenvalue weighted by atomic mass is 16.5. The molecule has 2 aromatic rings. The summed E-state index contributed by atoms with van der Waals surface area (Å²) in [5, 5.41) is 14.9. The smallest absolute Gasteiger partial charge is 0.407 e. The van der Waals surface area contributed by atoms with Gasteiger partial charge in [-0.15, -0.1) is 0 Å². The van der Waals surface area contributed by atoms with Crippen molar-refractivity contribution in [2.24, 2.45) is 11.3 Å². The number of hydrogen-bond acceptors (Lipinski definition) is 4. The molecule has 7 nitrogen and oxygen atoms in total. The second-order valence-electron chi connectivity index (χ2n) is 9.71. The number of aliphatic carboxylic acids is 1. The Kier molecular flexibility index (Phi) is 8.54. The van der Waals surface area contributed by atoms with E-state index in [2.05, 4.69) is 22.8 Å². The number of benzene rings is 2. The second kappa shape index (κ2) is 11.4. The Morgan fingerprint density at radius 2 is 1.60 bits per heavy atom. The maximum absolute atomic E-state index is 12.9. The number of nitrogens with one attached hydrogen (secondary N) is 2. The maximum atomic E-state index is 12.9. The number of carbonyl (C=O) groups excluding carboxylic acids is 2. The Hall–Kier alpha value is -3.35. The molecule has 0 aliphatic heterocycles. The lowest BCUT2D eigenvalue weighted by Gasteiger charge is -2.26. The summed E-state index contributed by atoms with van der Waals surface area (Å²) in [4.78, 5) is 37.3. The van der Waals surface area contributed by atoms with Crippen molar-refractivity contribution in [1.82, 2.24) is 10.6 Å². The molecular formula is C28H36N2O5. The van der Waals surface area contributed by atoms with Crippen LogP contribution >= 0.6 is 0 Å². The highest BCUT2D eigenvalue weighted by molar-refractivity contribution is 5.86. The van der Waals surface area contributed by atoms with Gasteiger partial charge in [0, 0.05) is 12.5 Å². The summed E-state index contributed by atoms with van der Waals surface area (Å²) in [5.74, 6) is -1.25. The molecule has 7 heteroatoms. The van der Waals surface area contributed by atoms with E-state index in [0.29, 0.717) is 12.8 Å². The molecule has 188 valence electrons. The van der Waals surface area contributed by atoms with Gasteiger partial charge in [-0.05, 0) is 47.9 Å². The average Bonchev–Trinajstić information content (AvgIpc) is 3.18. The number of hydrogen-bond donors (Lipinski definition) is 3. The first-order valence-corrected chi connectivity index (χ1v) is 12.3. The van der Waals surface area contributed by atoms with E-state index in [1.807, 2.05) is 50.2 Å². The molecule has 3 rings (SSSR count).